The molecule has 0 bridgehead atoms. The van der Waals surface area contributed by atoms with Gasteiger partial charge in [-0.15, -0.1) is 0 Å². The quantitative estimate of drug-likeness (QED) is 0.137. The van der Waals surface area contributed by atoms with E-state index in [0.717, 1.165) is 44.9 Å². The van der Waals surface area contributed by atoms with Crippen molar-refractivity contribution in [2.45, 2.75) is 154 Å². The van der Waals surface area contributed by atoms with Crippen molar-refractivity contribution in [1.29, 1.82) is 0 Å². The summed E-state index contributed by atoms with van der Waals surface area (Å²) in [6.07, 6.45) is 22.0. The number of hydrogen-bond acceptors (Lipinski definition) is 3. The standard InChI is InChI=1S/C24H50O4S/c1-3-5-6-7-13-16-20-23(25)21-17-14-11-9-8-10-12-15-18-22-24(19-4-2)29(26,27)28/h23-25H,3-22H2,1-2H3,(H,26,27,28). The molecule has 0 aromatic rings. The van der Waals surface area contributed by atoms with Crippen LogP contribution in [-0.2, 0) is 10.1 Å². The van der Waals surface area contributed by atoms with Gasteiger partial charge in [0.05, 0.1) is 11.4 Å². The lowest BCUT2D eigenvalue weighted by molar-refractivity contribution is 0.147. The molecule has 0 amide bonds. The Hall–Kier alpha value is -0.130. The molecule has 0 aromatic carbocycles. The van der Waals surface area contributed by atoms with Crippen molar-refractivity contribution in [1.82, 2.24) is 0 Å². The van der Waals surface area contributed by atoms with Crippen LogP contribution in [0.5, 0.6) is 0 Å². The molecule has 2 N–H and O–H groups in total. The lowest BCUT2D eigenvalue weighted by atomic mass is 10.0. The van der Waals surface area contributed by atoms with Crippen LogP contribution in [0.15, 0.2) is 0 Å². The molecule has 2 atom stereocenters. The van der Waals surface area contributed by atoms with Crippen molar-refractivity contribution < 1.29 is 18.1 Å². The van der Waals surface area contributed by atoms with Crippen LogP contribution in [0.1, 0.15) is 142 Å². The average molecular weight is 435 g/mol. The Kier molecular flexibility index (Phi) is 19.7. The van der Waals surface area contributed by atoms with E-state index < -0.39 is 15.4 Å². The van der Waals surface area contributed by atoms with Crippen molar-refractivity contribution in [2.24, 2.45) is 0 Å². The number of hydrogen-bond donors (Lipinski definition) is 2. The Morgan fingerprint density at radius 3 is 1.31 bits per heavy atom. The molecule has 5 heteroatoms. The van der Waals surface area contributed by atoms with Gasteiger partial charge in [-0.25, -0.2) is 0 Å². The van der Waals surface area contributed by atoms with Crippen LogP contribution >= 0.6 is 0 Å². The first kappa shape index (κ1) is 28.9. The summed E-state index contributed by atoms with van der Waals surface area (Å²) in [4.78, 5) is 0. The van der Waals surface area contributed by atoms with E-state index >= 15 is 0 Å². The van der Waals surface area contributed by atoms with E-state index in [1.807, 2.05) is 6.92 Å². The molecule has 0 aliphatic carbocycles. The van der Waals surface area contributed by atoms with E-state index in [4.69, 9.17) is 0 Å². The van der Waals surface area contributed by atoms with Crippen LogP contribution in [0.3, 0.4) is 0 Å². The highest BCUT2D eigenvalue weighted by molar-refractivity contribution is 7.86. The summed E-state index contributed by atoms with van der Waals surface area (Å²) in [5.74, 6) is 0. The highest BCUT2D eigenvalue weighted by Gasteiger charge is 2.20. The molecule has 0 spiro atoms. The Balaban J connectivity index is 3.38. The summed E-state index contributed by atoms with van der Waals surface area (Å²) >= 11 is 0. The molecule has 2 unspecified atom stereocenters. The molecule has 0 saturated heterocycles. The minimum Gasteiger partial charge on any atom is -0.393 e. The van der Waals surface area contributed by atoms with Gasteiger partial charge in [0.25, 0.3) is 10.1 Å². The molecular weight excluding hydrogens is 384 g/mol. The third-order valence-corrected chi connectivity index (χ3v) is 7.30. The number of rotatable bonds is 22. The summed E-state index contributed by atoms with van der Waals surface area (Å²) in [5.41, 5.74) is 0. The van der Waals surface area contributed by atoms with Gasteiger partial charge in [-0.1, -0.05) is 117 Å². The highest BCUT2D eigenvalue weighted by Crippen LogP contribution is 2.18. The van der Waals surface area contributed by atoms with Gasteiger partial charge >= 0.3 is 0 Å². The zero-order valence-electron chi connectivity index (χ0n) is 19.4. The first-order valence-corrected chi connectivity index (χ1v) is 14.1. The fraction of sp³-hybridized carbons (Fsp3) is 1.00. The molecule has 0 aliphatic heterocycles. The SMILES string of the molecule is CCCCCCCCC(O)CCCCCCCCCCCC(CCC)S(=O)(=O)O. The van der Waals surface area contributed by atoms with Crippen molar-refractivity contribution in [3.63, 3.8) is 0 Å². The molecule has 176 valence electrons. The van der Waals surface area contributed by atoms with Gasteiger partial charge in [0, 0.05) is 0 Å². The Bertz CT molecular complexity index is 436. The van der Waals surface area contributed by atoms with Crippen molar-refractivity contribution >= 4 is 10.1 Å². The first-order valence-electron chi connectivity index (χ1n) is 12.6. The second-order valence-electron chi connectivity index (χ2n) is 8.90. The molecular formula is C24H50O4S. The Labute approximate surface area is 182 Å². The van der Waals surface area contributed by atoms with Gasteiger partial charge in [-0.3, -0.25) is 4.55 Å². The number of unbranched alkanes of at least 4 members (excludes halogenated alkanes) is 13. The van der Waals surface area contributed by atoms with E-state index in [-0.39, 0.29) is 6.10 Å². The third-order valence-electron chi connectivity index (χ3n) is 5.99. The fourth-order valence-electron chi connectivity index (χ4n) is 4.06. The van der Waals surface area contributed by atoms with Gasteiger partial charge in [0.1, 0.15) is 0 Å². The number of aliphatic hydroxyl groups excluding tert-OH is 1. The van der Waals surface area contributed by atoms with Gasteiger partial charge in [0.15, 0.2) is 0 Å². The maximum atomic E-state index is 11.3. The summed E-state index contributed by atoms with van der Waals surface area (Å²) in [7, 11) is -3.87. The van der Waals surface area contributed by atoms with E-state index in [9.17, 15) is 18.1 Å². The minimum absolute atomic E-state index is 0.0968. The molecule has 0 aromatic heterocycles. The van der Waals surface area contributed by atoms with E-state index in [0.29, 0.717) is 12.8 Å². The zero-order chi connectivity index (χ0) is 21.8. The normalized spacial score (nSPS) is 14.2. The molecule has 0 aliphatic rings. The van der Waals surface area contributed by atoms with Crippen molar-refractivity contribution in [3.8, 4) is 0 Å². The smallest absolute Gasteiger partial charge is 0.267 e. The Morgan fingerprint density at radius 1 is 0.552 bits per heavy atom. The number of aliphatic hydroxyl groups is 1. The molecule has 0 rings (SSSR count). The zero-order valence-corrected chi connectivity index (χ0v) is 20.2. The fourth-order valence-corrected chi connectivity index (χ4v) is 5.06. The van der Waals surface area contributed by atoms with Gasteiger partial charge < -0.3 is 5.11 Å². The molecule has 29 heavy (non-hydrogen) atoms. The monoisotopic (exact) mass is 434 g/mol. The summed E-state index contributed by atoms with van der Waals surface area (Å²) < 4.78 is 31.8. The molecule has 0 fully saturated rings. The second kappa shape index (κ2) is 19.8. The molecule has 0 radical (unpaired) electrons. The summed E-state index contributed by atoms with van der Waals surface area (Å²) in [6, 6.07) is 0. The predicted octanol–water partition coefficient (Wildman–Crippen LogP) is 7.45. The molecule has 0 heterocycles. The van der Waals surface area contributed by atoms with Crippen LogP contribution in [0.4, 0.5) is 0 Å². The van der Waals surface area contributed by atoms with Crippen LogP contribution in [0.2, 0.25) is 0 Å². The van der Waals surface area contributed by atoms with E-state index in [1.54, 1.807) is 0 Å². The topological polar surface area (TPSA) is 74.6 Å². The maximum absolute atomic E-state index is 11.3. The summed E-state index contributed by atoms with van der Waals surface area (Å²) in [6.45, 7) is 4.19. The predicted molar refractivity (Wildman–Crippen MR) is 125 cm³/mol. The lowest BCUT2D eigenvalue weighted by Gasteiger charge is -2.12. The van der Waals surface area contributed by atoms with Gasteiger partial charge in [-0.2, -0.15) is 8.42 Å². The van der Waals surface area contributed by atoms with Crippen molar-refractivity contribution in [3.05, 3.63) is 0 Å². The van der Waals surface area contributed by atoms with Gasteiger partial charge in [-0.05, 0) is 25.7 Å². The van der Waals surface area contributed by atoms with E-state index in [1.165, 1.54) is 70.6 Å². The summed E-state index contributed by atoms with van der Waals surface area (Å²) in [5, 5.41) is 9.48. The van der Waals surface area contributed by atoms with Crippen LogP contribution in [0, 0.1) is 0 Å². The molecule has 0 saturated carbocycles. The van der Waals surface area contributed by atoms with Crippen molar-refractivity contribution in [2.75, 3.05) is 0 Å². The largest absolute Gasteiger partial charge is 0.393 e. The van der Waals surface area contributed by atoms with Crippen LogP contribution < -0.4 is 0 Å². The van der Waals surface area contributed by atoms with Crippen LogP contribution in [0.25, 0.3) is 0 Å². The highest BCUT2D eigenvalue weighted by atomic mass is 32.2. The molecule has 4 nitrogen and oxygen atoms in total. The third kappa shape index (κ3) is 19.6. The minimum atomic E-state index is -3.87. The lowest BCUT2D eigenvalue weighted by Crippen LogP contribution is -2.20. The first-order chi connectivity index (χ1) is 13.9. The maximum Gasteiger partial charge on any atom is 0.267 e. The van der Waals surface area contributed by atoms with Gasteiger partial charge in [0.2, 0.25) is 0 Å². The average Bonchev–Trinajstić information content (AvgIpc) is 2.67. The van der Waals surface area contributed by atoms with E-state index in [2.05, 4.69) is 6.92 Å². The van der Waals surface area contributed by atoms with Crippen LogP contribution in [-0.4, -0.2) is 29.4 Å². The second-order valence-corrected chi connectivity index (χ2v) is 10.6. The Morgan fingerprint density at radius 2 is 0.931 bits per heavy atom.